The Hall–Kier alpha value is -1.32. The van der Waals surface area contributed by atoms with E-state index in [1.165, 1.54) is 0 Å². The maximum absolute atomic E-state index is 11.5. The van der Waals surface area contributed by atoms with Crippen LogP contribution >= 0.6 is 0 Å². The Morgan fingerprint density at radius 3 is 2.39 bits per heavy atom. The van der Waals surface area contributed by atoms with Crippen molar-refractivity contribution in [1.82, 2.24) is 0 Å². The molecule has 4 nitrogen and oxygen atoms in total. The molecule has 0 aromatic heterocycles. The first-order chi connectivity index (χ1) is 8.63. The van der Waals surface area contributed by atoms with E-state index in [0.717, 1.165) is 38.2 Å². The lowest BCUT2D eigenvalue weighted by molar-refractivity contribution is -0.185. The summed E-state index contributed by atoms with van der Waals surface area (Å²) in [5.74, 6) is -0.867. The van der Waals surface area contributed by atoms with Crippen molar-refractivity contribution < 1.29 is 19.1 Å². The molecule has 0 saturated carbocycles. The summed E-state index contributed by atoms with van der Waals surface area (Å²) in [6.45, 7) is 7.36. The number of rotatable bonds is 10. The van der Waals surface area contributed by atoms with E-state index in [1.54, 1.807) is 0 Å². The molecule has 0 radical (unpaired) electrons. The monoisotopic (exact) mass is 256 g/mol. The second-order valence-corrected chi connectivity index (χ2v) is 4.16. The summed E-state index contributed by atoms with van der Waals surface area (Å²) < 4.78 is 10.1. The lowest BCUT2D eigenvalue weighted by Gasteiger charge is -2.16. The van der Waals surface area contributed by atoms with Crippen LogP contribution in [0, 0.1) is 0 Å². The van der Waals surface area contributed by atoms with Gasteiger partial charge in [0.25, 0.3) is 0 Å². The Morgan fingerprint density at radius 1 is 1.11 bits per heavy atom. The van der Waals surface area contributed by atoms with Gasteiger partial charge >= 0.3 is 11.9 Å². The average molecular weight is 256 g/mol. The molecule has 0 rings (SSSR count). The van der Waals surface area contributed by atoms with E-state index >= 15 is 0 Å². The van der Waals surface area contributed by atoms with Gasteiger partial charge < -0.3 is 9.47 Å². The van der Waals surface area contributed by atoms with Crippen LogP contribution in [0.5, 0.6) is 0 Å². The molecule has 0 aliphatic rings. The summed E-state index contributed by atoms with van der Waals surface area (Å²) in [7, 11) is 0. The normalized spacial score (nSPS) is 11.7. The molecular formula is C14H24O4. The van der Waals surface area contributed by atoms with E-state index in [-0.39, 0.29) is 5.97 Å². The number of unbranched alkanes of at least 4 members (excludes halogenated alkanes) is 3. The van der Waals surface area contributed by atoms with Crippen molar-refractivity contribution in [1.29, 1.82) is 0 Å². The fourth-order valence-corrected chi connectivity index (χ4v) is 1.46. The largest absolute Gasteiger partial charge is 0.425 e. The van der Waals surface area contributed by atoms with E-state index in [0.29, 0.717) is 12.8 Å². The molecule has 0 aliphatic heterocycles. The van der Waals surface area contributed by atoms with E-state index in [1.807, 2.05) is 6.92 Å². The van der Waals surface area contributed by atoms with Crippen LogP contribution in [0.2, 0.25) is 0 Å². The molecule has 0 saturated heterocycles. The molecule has 0 N–H and O–H groups in total. The molecule has 1 unspecified atom stereocenters. The zero-order valence-electron chi connectivity index (χ0n) is 11.4. The number of hydrogen-bond donors (Lipinski definition) is 0. The first-order valence-electron chi connectivity index (χ1n) is 6.66. The molecule has 18 heavy (non-hydrogen) atoms. The van der Waals surface area contributed by atoms with E-state index in [2.05, 4.69) is 13.5 Å². The topological polar surface area (TPSA) is 52.6 Å². The third-order valence-electron chi connectivity index (χ3n) is 2.44. The van der Waals surface area contributed by atoms with Crippen LogP contribution < -0.4 is 0 Å². The molecule has 0 bridgehead atoms. The minimum atomic E-state index is -0.779. The van der Waals surface area contributed by atoms with Gasteiger partial charge in [0, 0.05) is 18.9 Å². The summed E-state index contributed by atoms with van der Waals surface area (Å²) in [5.41, 5.74) is 0. The summed E-state index contributed by atoms with van der Waals surface area (Å²) in [6.07, 6.45) is 6.06. The Bertz CT molecular complexity index is 261. The maximum atomic E-state index is 11.5. The van der Waals surface area contributed by atoms with E-state index in [4.69, 9.17) is 9.47 Å². The van der Waals surface area contributed by atoms with Crippen LogP contribution in [0.1, 0.15) is 58.8 Å². The highest BCUT2D eigenvalue weighted by Gasteiger charge is 2.16. The number of esters is 2. The predicted octanol–water partition coefficient (Wildman–Crippen LogP) is 3.36. The second kappa shape index (κ2) is 10.8. The number of ether oxygens (including phenoxy) is 2. The zero-order chi connectivity index (χ0) is 13.8. The van der Waals surface area contributed by atoms with Crippen molar-refractivity contribution in [3.05, 3.63) is 12.7 Å². The van der Waals surface area contributed by atoms with Crippen LogP contribution in [0.3, 0.4) is 0 Å². The molecular weight excluding hydrogens is 232 g/mol. The third-order valence-corrected chi connectivity index (χ3v) is 2.44. The number of carbonyl (C=O) groups is 2. The van der Waals surface area contributed by atoms with Gasteiger partial charge in [0.05, 0.1) is 0 Å². The number of carbonyl (C=O) groups excluding carboxylic acids is 2. The molecule has 1 atom stereocenters. The molecule has 0 heterocycles. The van der Waals surface area contributed by atoms with Crippen LogP contribution in [0.4, 0.5) is 0 Å². The van der Waals surface area contributed by atoms with Gasteiger partial charge in [0.2, 0.25) is 6.29 Å². The predicted molar refractivity (Wildman–Crippen MR) is 69.8 cm³/mol. The van der Waals surface area contributed by atoms with Crippen molar-refractivity contribution >= 4 is 11.9 Å². The summed E-state index contributed by atoms with van der Waals surface area (Å²) in [5, 5.41) is 0. The van der Waals surface area contributed by atoms with Gasteiger partial charge in [-0.2, -0.15) is 0 Å². The Morgan fingerprint density at radius 2 is 1.83 bits per heavy atom. The SMILES string of the molecule is C=CC(=O)OC(CCC)OC(=O)CCCCCC. The van der Waals surface area contributed by atoms with Crippen molar-refractivity contribution in [3.8, 4) is 0 Å². The van der Waals surface area contributed by atoms with Gasteiger partial charge in [-0.3, -0.25) is 4.79 Å². The fourth-order valence-electron chi connectivity index (χ4n) is 1.46. The van der Waals surface area contributed by atoms with E-state index < -0.39 is 12.3 Å². The lowest BCUT2D eigenvalue weighted by atomic mass is 10.1. The summed E-state index contributed by atoms with van der Waals surface area (Å²) >= 11 is 0. The average Bonchev–Trinajstić information content (AvgIpc) is 2.34. The second-order valence-electron chi connectivity index (χ2n) is 4.16. The smallest absolute Gasteiger partial charge is 0.333 e. The van der Waals surface area contributed by atoms with Gasteiger partial charge in [0.1, 0.15) is 0 Å². The maximum Gasteiger partial charge on any atom is 0.333 e. The van der Waals surface area contributed by atoms with Crippen LogP contribution in [0.15, 0.2) is 12.7 Å². The molecule has 0 spiro atoms. The highest BCUT2D eigenvalue weighted by Crippen LogP contribution is 2.09. The molecule has 0 aromatic rings. The van der Waals surface area contributed by atoms with Gasteiger partial charge in [-0.25, -0.2) is 4.79 Å². The first kappa shape index (κ1) is 16.7. The molecule has 104 valence electrons. The molecule has 0 aliphatic carbocycles. The van der Waals surface area contributed by atoms with Gasteiger partial charge in [0.15, 0.2) is 0 Å². The fraction of sp³-hybridized carbons (Fsp3) is 0.714. The van der Waals surface area contributed by atoms with Crippen molar-refractivity contribution in [2.45, 2.75) is 65.1 Å². The summed E-state index contributed by atoms with van der Waals surface area (Å²) in [6, 6.07) is 0. The molecule has 0 amide bonds. The van der Waals surface area contributed by atoms with Crippen LogP contribution in [-0.4, -0.2) is 18.2 Å². The van der Waals surface area contributed by atoms with Crippen molar-refractivity contribution in [2.75, 3.05) is 0 Å². The summed E-state index contributed by atoms with van der Waals surface area (Å²) in [4.78, 5) is 22.6. The lowest BCUT2D eigenvalue weighted by Crippen LogP contribution is -2.23. The first-order valence-corrected chi connectivity index (χ1v) is 6.66. The van der Waals surface area contributed by atoms with Gasteiger partial charge in [-0.1, -0.05) is 39.7 Å². The quantitative estimate of drug-likeness (QED) is 0.260. The minimum absolute atomic E-state index is 0.304. The van der Waals surface area contributed by atoms with Crippen LogP contribution in [0.25, 0.3) is 0 Å². The van der Waals surface area contributed by atoms with Crippen molar-refractivity contribution in [3.63, 3.8) is 0 Å². The Labute approximate surface area is 109 Å². The Kier molecular flexibility index (Phi) is 10.0. The minimum Gasteiger partial charge on any atom is -0.425 e. The highest BCUT2D eigenvalue weighted by atomic mass is 16.7. The van der Waals surface area contributed by atoms with Crippen LogP contribution in [-0.2, 0) is 19.1 Å². The third kappa shape index (κ3) is 8.79. The molecule has 0 fully saturated rings. The van der Waals surface area contributed by atoms with Gasteiger partial charge in [-0.05, 0) is 12.8 Å². The zero-order valence-corrected chi connectivity index (χ0v) is 11.4. The highest BCUT2D eigenvalue weighted by molar-refractivity contribution is 5.81. The Balaban J connectivity index is 3.95. The number of hydrogen-bond acceptors (Lipinski definition) is 4. The standard InChI is InChI=1S/C14H24O4/c1-4-7-8-9-11-13(16)18-14(10-5-2)17-12(15)6-3/h6,14H,3-5,7-11H2,1-2H3. The van der Waals surface area contributed by atoms with Crippen molar-refractivity contribution in [2.24, 2.45) is 0 Å². The van der Waals surface area contributed by atoms with E-state index in [9.17, 15) is 9.59 Å². The van der Waals surface area contributed by atoms with Gasteiger partial charge in [-0.15, -0.1) is 0 Å². The molecule has 0 aromatic carbocycles. The molecule has 4 heteroatoms.